The summed E-state index contributed by atoms with van der Waals surface area (Å²) in [5.74, 6) is 2.06. The van der Waals surface area contributed by atoms with Crippen LogP contribution in [0.5, 0.6) is 11.5 Å². The third-order valence-corrected chi connectivity index (χ3v) is 3.64. The normalized spacial score (nSPS) is 10.2. The van der Waals surface area contributed by atoms with Crippen LogP contribution < -0.4 is 10.5 Å². The molecule has 0 saturated heterocycles. The molecule has 0 fully saturated rings. The number of para-hydroxylation sites is 1. The molecule has 5 nitrogen and oxygen atoms in total. The summed E-state index contributed by atoms with van der Waals surface area (Å²) in [7, 11) is 0. The van der Waals surface area contributed by atoms with Crippen molar-refractivity contribution in [3.8, 4) is 22.6 Å². The molecular weight excluding hydrogens is 312 g/mol. The number of aromatic nitrogens is 3. The smallest absolute Gasteiger partial charge is 0.143 e. The third kappa shape index (κ3) is 3.45. The summed E-state index contributed by atoms with van der Waals surface area (Å²) in [5.41, 5.74) is 8.71. The summed E-state index contributed by atoms with van der Waals surface area (Å²) in [6.45, 7) is 4.00. The molecule has 126 valence electrons. The Hall–Kier alpha value is -3.34. The Bertz CT molecular complexity index is 947. The second-order valence-electron chi connectivity index (χ2n) is 5.12. The van der Waals surface area contributed by atoms with Crippen molar-refractivity contribution >= 4 is 16.9 Å². The van der Waals surface area contributed by atoms with Crippen molar-refractivity contribution < 1.29 is 4.74 Å². The van der Waals surface area contributed by atoms with Crippen molar-refractivity contribution in [2.45, 2.75) is 13.8 Å². The number of hydrogen-bond donors (Lipinski definition) is 2. The molecule has 0 spiro atoms. The predicted octanol–water partition coefficient (Wildman–Crippen LogP) is 5.03. The number of hydrogen-bond acceptors (Lipinski definition) is 4. The molecule has 0 unspecified atom stereocenters. The van der Waals surface area contributed by atoms with Gasteiger partial charge in [-0.25, -0.2) is 9.97 Å². The Morgan fingerprint density at radius 1 is 0.880 bits per heavy atom. The molecule has 5 heteroatoms. The van der Waals surface area contributed by atoms with Crippen molar-refractivity contribution in [3.63, 3.8) is 0 Å². The van der Waals surface area contributed by atoms with Gasteiger partial charge < -0.3 is 15.5 Å². The summed E-state index contributed by atoms with van der Waals surface area (Å²) in [6.07, 6.45) is 3.34. The van der Waals surface area contributed by atoms with Gasteiger partial charge in [0, 0.05) is 11.8 Å². The summed E-state index contributed by atoms with van der Waals surface area (Å²) < 4.78 is 5.80. The van der Waals surface area contributed by atoms with Crippen LogP contribution in [-0.2, 0) is 0 Å². The highest BCUT2D eigenvalue weighted by molar-refractivity contribution is 6.00. The highest BCUT2D eigenvalue weighted by atomic mass is 16.5. The zero-order valence-corrected chi connectivity index (χ0v) is 14.2. The van der Waals surface area contributed by atoms with Crippen molar-refractivity contribution in [1.29, 1.82) is 0 Å². The quantitative estimate of drug-likeness (QED) is 0.552. The molecule has 0 saturated carbocycles. The van der Waals surface area contributed by atoms with Gasteiger partial charge in [-0.1, -0.05) is 44.2 Å². The van der Waals surface area contributed by atoms with Crippen LogP contribution in [0.3, 0.4) is 0 Å². The van der Waals surface area contributed by atoms with Crippen LogP contribution in [0.4, 0.5) is 5.82 Å². The minimum atomic E-state index is 0.468. The Morgan fingerprint density at radius 3 is 2.28 bits per heavy atom. The first-order valence-corrected chi connectivity index (χ1v) is 8.22. The first-order chi connectivity index (χ1) is 12.3. The van der Waals surface area contributed by atoms with Crippen LogP contribution >= 0.6 is 0 Å². The lowest BCUT2D eigenvalue weighted by molar-refractivity contribution is 0.483. The maximum absolute atomic E-state index is 5.98. The molecule has 2 aromatic carbocycles. The number of nitrogens with two attached hydrogens (primary N) is 1. The minimum absolute atomic E-state index is 0.468. The van der Waals surface area contributed by atoms with Gasteiger partial charge in [0.25, 0.3) is 0 Å². The van der Waals surface area contributed by atoms with Crippen LogP contribution in [0.2, 0.25) is 0 Å². The molecule has 0 aliphatic rings. The second-order valence-corrected chi connectivity index (χ2v) is 5.12. The van der Waals surface area contributed by atoms with Crippen molar-refractivity contribution in [2.75, 3.05) is 5.73 Å². The number of ether oxygens (including phenoxy) is 1. The lowest BCUT2D eigenvalue weighted by Crippen LogP contribution is -1.92. The predicted molar refractivity (Wildman–Crippen MR) is 102 cm³/mol. The highest BCUT2D eigenvalue weighted by Gasteiger charge is 2.10. The zero-order valence-electron chi connectivity index (χ0n) is 14.2. The fourth-order valence-electron chi connectivity index (χ4n) is 2.54. The average Bonchev–Trinajstić information content (AvgIpc) is 3.10. The highest BCUT2D eigenvalue weighted by Crippen LogP contribution is 2.32. The van der Waals surface area contributed by atoms with Gasteiger partial charge in [-0.2, -0.15) is 0 Å². The van der Waals surface area contributed by atoms with Crippen LogP contribution in [0, 0.1) is 0 Å². The van der Waals surface area contributed by atoms with Crippen molar-refractivity contribution in [2.24, 2.45) is 0 Å². The Morgan fingerprint density at radius 2 is 1.56 bits per heavy atom. The molecule has 4 rings (SSSR count). The topological polar surface area (TPSA) is 76.8 Å². The number of anilines is 1. The maximum Gasteiger partial charge on any atom is 0.143 e. The molecule has 0 radical (unpaired) electrons. The Kier molecular flexibility index (Phi) is 4.95. The molecule has 0 bridgehead atoms. The fourth-order valence-corrected chi connectivity index (χ4v) is 2.54. The van der Waals surface area contributed by atoms with E-state index in [4.69, 9.17) is 10.5 Å². The van der Waals surface area contributed by atoms with Gasteiger partial charge in [0.05, 0.1) is 5.39 Å². The van der Waals surface area contributed by atoms with Gasteiger partial charge in [0.2, 0.25) is 0 Å². The van der Waals surface area contributed by atoms with E-state index < -0.39 is 0 Å². The van der Waals surface area contributed by atoms with Crippen LogP contribution in [0.25, 0.3) is 22.2 Å². The van der Waals surface area contributed by atoms with Crippen molar-refractivity contribution in [1.82, 2.24) is 15.0 Å². The molecule has 0 aliphatic carbocycles. The van der Waals surface area contributed by atoms with E-state index in [1.54, 1.807) is 0 Å². The van der Waals surface area contributed by atoms with Gasteiger partial charge in [0.15, 0.2) is 0 Å². The van der Waals surface area contributed by atoms with E-state index >= 15 is 0 Å². The number of nitrogens with zero attached hydrogens (tertiary/aromatic N) is 2. The van der Waals surface area contributed by atoms with E-state index in [2.05, 4.69) is 15.0 Å². The third-order valence-electron chi connectivity index (χ3n) is 3.64. The van der Waals surface area contributed by atoms with E-state index in [1.807, 2.05) is 74.6 Å². The van der Waals surface area contributed by atoms with Crippen molar-refractivity contribution in [3.05, 3.63) is 67.1 Å². The molecule has 3 N–H and O–H groups in total. The largest absolute Gasteiger partial charge is 0.457 e. The van der Waals surface area contributed by atoms with E-state index in [9.17, 15) is 0 Å². The van der Waals surface area contributed by atoms with Crippen LogP contribution in [0.15, 0.2) is 67.1 Å². The SMILES string of the molecule is CC.Nc1ncnc2[nH]cc(-c3ccc(Oc4ccccc4)cc3)c12. The molecule has 4 aromatic rings. The van der Waals surface area contributed by atoms with Gasteiger partial charge in [-0.15, -0.1) is 0 Å². The number of nitrogen functional groups attached to an aromatic ring is 1. The summed E-state index contributed by atoms with van der Waals surface area (Å²) in [4.78, 5) is 11.4. The van der Waals surface area contributed by atoms with Gasteiger partial charge in [-0.3, -0.25) is 0 Å². The lowest BCUT2D eigenvalue weighted by Gasteiger charge is -2.06. The van der Waals surface area contributed by atoms with Crippen LogP contribution in [0.1, 0.15) is 13.8 Å². The number of H-pyrrole nitrogens is 1. The Balaban J connectivity index is 0.000000880. The molecular formula is C20H20N4O. The zero-order chi connectivity index (χ0) is 17.6. The first-order valence-electron chi connectivity index (χ1n) is 8.22. The fraction of sp³-hybridized carbons (Fsp3) is 0.100. The minimum Gasteiger partial charge on any atom is -0.457 e. The Labute approximate surface area is 146 Å². The summed E-state index contributed by atoms with van der Waals surface area (Å²) in [6, 6.07) is 17.5. The first kappa shape index (κ1) is 16.5. The number of nitrogens with one attached hydrogen (secondary N) is 1. The van der Waals surface area contributed by atoms with E-state index in [0.717, 1.165) is 33.7 Å². The molecule has 2 heterocycles. The van der Waals surface area contributed by atoms with E-state index in [-0.39, 0.29) is 0 Å². The molecule has 0 amide bonds. The monoisotopic (exact) mass is 332 g/mol. The maximum atomic E-state index is 5.98. The van der Waals surface area contributed by atoms with Gasteiger partial charge in [-0.05, 0) is 29.8 Å². The van der Waals surface area contributed by atoms with E-state index in [0.29, 0.717) is 5.82 Å². The number of fused-ring (bicyclic) bond motifs is 1. The van der Waals surface area contributed by atoms with Gasteiger partial charge >= 0.3 is 0 Å². The van der Waals surface area contributed by atoms with Gasteiger partial charge in [0.1, 0.15) is 29.3 Å². The van der Waals surface area contributed by atoms with Crippen LogP contribution in [-0.4, -0.2) is 15.0 Å². The molecule has 2 aromatic heterocycles. The number of rotatable bonds is 3. The lowest BCUT2D eigenvalue weighted by atomic mass is 10.1. The number of aromatic amines is 1. The molecule has 25 heavy (non-hydrogen) atoms. The second kappa shape index (κ2) is 7.49. The molecule has 0 aliphatic heterocycles. The van der Waals surface area contributed by atoms with E-state index in [1.165, 1.54) is 6.33 Å². The standard InChI is InChI=1S/C18H14N4O.C2H6/c19-17-16-15(10-20-18(16)22-11-21-17)12-6-8-14(9-7-12)23-13-4-2-1-3-5-13;1-2/h1-11H,(H3,19,20,21,22);1-2H3. The number of benzene rings is 2. The summed E-state index contributed by atoms with van der Waals surface area (Å²) in [5, 5.41) is 0.837. The summed E-state index contributed by atoms with van der Waals surface area (Å²) >= 11 is 0. The average molecular weight is 332 g/mol. The molecule has 0 atom stereocenters.